The predicted octanol–water partition coefficient (Wildman–Crippen LogP) is 2.60. The van der Waals surface area contributed by atoms with Crippen LogP contribution in [0.3, 0.4) is 0 Å². The summed E-state index contributed by atoms with van der Waals surface area (Å²) >= 11 is 1.78. The Balaban J connectivity index is 2.70. The first-order valence-electron chi connectivity index (χ1n) is 7.08. The van der Waals surface area contributed by atoms with Gasteiger partial charge in [-0.15, -0.1) is 0 Å². The third-order valence-corrected chi connectivity index (χ3v) is 3.72. The van der Waals surface area contributed by atoms with E-state index in [0.29, 0.717) is 12.0 Å². The third kappa shape index (κ3) is 6.24. The molecule has 0 radical (unpaired) electrons. The number of hydrogen-bond acceptors (Lipinski definition) is 3. The lowest BCUT2D eigenvalue weighted by Crippen LogP contribution is -2.32. The highest BCUT2D eigenvalue weighted by Crippen LogP contribution is 2.11. The Labute approximate surface area is 131 Å². The fraction of sp³-hybridized carbons (Fsp3) is 0.471. The van der Waals surface area contributed by atoms with Crippen molar-refractivity contribution in [3.8, 4) is 11.8 Å². The van der Waals surface area contributed by atoms with E-state index in [1.165, 1.54) is 0 Å². The Morgan fingerprint density at radius 1 is 1.48 bits per heavy atom. The van der Waals surface area contributed by atoms with E-state index >= 15 is 0 Å². The van der Waals surface area contributed by atoms with Crippen LogP contribution in [0.25, 0.3) is 0 Å². The molecule has 1 rings (SSSR count). The number of aryl methyl sites for hydroxylation is 1. The molecule has 0 bridgehead atoms. The maximum absolute atomic E-state index is 12.2. The van der Waals surface area contributed by atoms with Crippen LogP contribution >= 0.6 is 11.8 Å². The Bertz CT molecular complexity index is 531. The van der Waals surface area contributed by atoms with Gasteiger partial charge in [0.15, 0.2) is 0 Å². The molecule has 114 valence electrons. The second-order valence-corrected chi connectivity index (χ2v) is 5.95. The number of aliphatic hydroxyl groups is 1. The van der Waals surface area contributed by atoms with Gasteiger partial charge in [-0.3, -0.25) is 4.79 Å². The van der Waals surface area contributed by atoms with E-state index in [1.807, 2.05) is 26.0 Å². The molecule has 0 fully saturated rings. The molecule has 4 heteroatoms. The van der Waals surface area contributed by atoms with Crippen LogP contribution in [-0.4, -0.2) is 35.7 Å². The SMILES string of the molecule is CSCCC(C)NC(=O)c1ccc(C#CCCO)c(C)c1. The highest BCUT2D eigenvalue weighted by atomic mass is 32.2. The van der Waals surface area contributed by atoms with Gasteiger partial charge in [0, 0.05) is 23.6 Å². The summed E-state index contributed by atoms with van der Waals surface area (Å²) in [6, 6.07) is 5.70. The number of carbonyl (C=O) groups is 1. The Morgan fingerprint density at radius 2 is 2.24 bits per heavy atom. The first-order valence-corrected chi connectivity index (χ1v) is 8.48. The van der Waals surface area contributed by atoms with Crippen LogP contribution in [0, 0.1) is 18.8 Å². The third-order valence-electron chi connectivity index (χ3n) is 3.08. The Hall–Kier alpha value is -1.44. The molecule has 0 aliphatic rings. The highest BCUT2D eigenvalue weighted by Gasteiger charge is 2.10. The fourth-order valence-corrected chi connectivity index (χ4v) is 2.42. The van der Waals surface area contributed by atoms with Crippen LogP contribution in [0.2, 0.25) is 0 Å². The van der Waals surface area contributed by atoms with Gasteiger partial charge >= 0.3 is 0 Å². The van der Waals surface area contributed by atoms with Gasteiger partial charge in [-0.2, -0.15) is 11.8 Å². The van der Waals surface area contributed by atoms with E-state index in [0.717, 1.165) is 23.3 Å². The molecule has 1 aromatic carbocycles. The second-order valence-electron chi connectivity index (χ2n) is 4.96. The monoisotopic (exact) mass is 305 g/mol. The van der Waals surface area contributed by atoms with Crippen molar-refractivity contribution >= 4 is 17.7 Å². The number of carbonyl (C=O) groups excluding carboxylic acids is 1. The van der Waals surface area contributed by atoms with E-state index in [1.54, 1.807) is 17.8 Å². The minimum absolute atomic E-state index is 0.0402. The summed E-state index contributed by atoms with van der Waals surface area (Å²) in [5.74, 6) is 6.90. The zero-order valence-corrected chi connectivity index (χ0v) is 13.7. The lowest BCUT2D eigenvalue weighted by atomic mass is 10.0. The molecule has 0 heterocycles. The van der Waals surface area contributed by atoms with E-state index in [4.69, 9.17) is 5.11 Å². The molecule has 2 N–H and O–H groups in total. The summed E-state index contributed by atoms with van der Waals surface area (Å²) in [6.07, 6.45) is 3.50. The quantitative estimate of drug-likeness (QED) is 0.794. The van der Waals surface area contributed by atoms with Gasteiger partial charge in [-0.25, -0.2) is 0 Å². The van der Waals surface area contributed by atoms with Crippen molar-refractivity contribution in [1.29, 1.82) is 0 Å². The normalized spacial score (nSPS) is 11.4. The summed E-state index contributed by atoms with van der Waals surface area (Å²) in [6.45, 7) is 4.03. The average molecular weight is 305 g/mol. The minimum atomic E-state index is -0.0402. The van der Waals surface area contributed by atoms with Crippen LogP contribution < -0.4 is 5.32 Å². The maximum atomic E-state index is 12.2. The van der Waals surface area contributed by atoms with Crippen LogP contribution in [0.5, 0.6) is 0 Å². The molecule has 0 aliphatic heterocycles. The number of thioether (sulfide) groups is 1. The van der Waals surface area contributed by atoms with Crippen LogP contribution in [0.4, 0.5) is 0 Å². The Kier molecular flexibility index (Phi) is 7.96. The molecule has 1 aromatic rings. The Morgan fingerprint density at radius 3 is 2.86 bits per heavy atom. The summed E-state index contributed by atoms with van der Waals surface area (Å²) in [4.78, 5) is 12.2. The zero-order valence-electron chi connectivity index (χ0n) is 12.9. The molecular weight excluding hydrogens is 282 g/mol. The van der Waals surface area contributed by atoms with Crippen LogP contribution in [0.1, 0.15) is 41.3 Å². The molecule has 0 aromatic heterocycles. The summed E-state index contributed by atoms with van der Waals surface area (Å²) < 4.78 is 0. The highest BCUT2D eigenvalue weighted by molar-refractivity contribution is 7.98. The zero-order chi connectivity index (χ0) is 15.7. The molecular formula is C17H23NO2S. The first kappa shape index (κ1) is 17.6. The van der Waals surface area contributed by atoms with Crippen molar-refractivity contribution in [3.05, 3.63) is 34.9 Å². The first-order chi connectivity index (χ1) is 10.1. The van der Waals surface area contributed by atoms with Gasteiger partial charge in [0.05, 0.1) is 6.61 Å². The summed E-state index contributed by atoms with van der Waals surface area (Å²) in [5, 5.41) is 11.7. The summed E-state index contributed by atoms with van der Waals surface area (Å²) in [5.41, 5.74) is 2.54. The van der Waals surface area contributed by atoms with Gasteiger partial charge in [-0.1, -0.05) is 11.8 Å². The van der Waals surface area contributed by atoms with E-state index in [2.05, 4.69) is 23.4 Å². The molecule has 0 aliphatic carbocycles. The molecule has 1 atom stereocenters. The minimum Gasteiger partial charge on any atom is -0.395 e. The lowest BCUT2D eigenvalue weighted by molar-refractivity contribution is 0.0939. The van der Waals surface area contributed by atoms with Crippen LogP contribution in [0.15, 0.2) is 18.2 Å². The largest absolute Gasteiger partial charge is 0.395 e. The van der Waals surface area contributed by atoms with Gasteiger partial charge < -0.3 is 10.4 Å². The number of hydrogen-bond donors (Lipinski definition) is 2. The second kappa shape index (κ2) is 9.49. The standard InChI is InChI=1S/C17H23NO2S/c1-13-12-16(8-7-15(13)6-4-5-10-19)17(20)18-14(2)9-11-21-3/h7-8,12,14,19H,5,9-11H2,1-3H3,(H,18,20). The molecule has 1 amide bonds. The van der Waals surface area contributed by atoms with Crippen molar-refractivity contribution in [2.45, 2.75) is 32.7 Å². The van der Waals surface area contributed by atoms with Gasteiger partial charge in [-0.05, 0) is 56.0 Å². The molecule has 3 nitrogen and oxygen atoms in total. The molecule has 21 heavy (non-hydrogen) atoms. The van der Waals surface area contributed by atoms with E-state index < -0.39 is 0 Å². The molecule has 0 saturated carbocycles. The van der Waals surface area contributed by atoms with Gasteiger partial charge in [0.2, 0.25) is 0 Å². The number of aliphatic hydroxyl groups excluding tert-OH is 1. The van der Waals surface area contributed by atoms with Crippen molar-refractivity contribution in [2.75, 3.05) is 18.6 Å². The number of rotatable bonds is 6. The average Bonchev–Trinajstić information content (AvgIpc) is 2.46. The molecule has 0 saturated heterocycles. The number of nitrogens with one attached hydrogen (secondary N) is 1. The summed E-state index contributed by atoms with van der Waals surface area (Å²) in [7, 11) is 0. The van der Waals surface area contributed by atoms with Crippen LogP contribution in [-0.2, 0) is 0 Å². The number of benzene rings is 1. The van der Waals surface area contributed by atoms with E-state index in [-0.39, 0.29) is 18.6 Å². The van der Waals surface area contributed by atoms with Crippen molar-refractivity contribution in [2.24, 2.45) is 0 Å². The lowest BCUT2D eigenvalue weighted by Gasteiger charge is -2.13. The van der Waals surface area contributed by atoms with Crippen molar-refractivity contribution in [3.63, 3.8) is 0 Å². The predicted molar refractivity (Wildman–Crippen MR) is 89.7 cm³/mol. The van der Waals surface area contributed by atoms with Gasteiger partial charge in [0.25, 0.3) is 5.91 Å². The topological polar surface area (TPSA) is 49.3 Å². The number of amides is 1. The smallest absolute Gasteiger partial charge is 0.251 e. The maximum Gasteiger partial charge on any atom is 0.251 e. The fourth-order valence-electron chi connectivity index (χ4n) is 1.83. The van der Waals surface area contributed by atoms with Crippen molar-refractivity contribution in [1.82, 2.24) is 5.32 Å². The van der Waals surface area contributed by atoms with Gasteiger partial charge in [0.1, 0.15) is 0 Å². The molecule has 0 spiro atoms. The van der Waals surface area contributed by atoms with E-state index in [9.17, 15) is 4.79 Å². The molecule has 1 unspecified atom stereocenters. The van der Waals surface area contributed by atoms with Crippen molar-refractivity contribution < 1.29 is 9.90 Å².